The molecular formula is C17H28N4OS. The summed E-state index contributed by atoms with van der Waals surface area (Å²) in [6.07, 6.45) is 1.90. The Labute approximate surface area is 143 Å². The van der Waals surface area contributed by atoms with Gasteiger partial charge in [0.1, 0.15) is 10.8 Å². The second-order valence-electron chi connectivity index (χ2n) is 8.59. The summed E-state index contributed by atoms with van der Waals surface area (Å²) in [7, 11) is 0. The van der Waals surface area contributed by atoms with Crippen LogP contribution in [0.5, 0.6) is 0 Å². The van der Waals surface area contributed by atoms with E-state index in [0.29, 0.717) is 11.7 Å². The molecule has 0 aliphatic rings. The molecule has 0 amide bonds. The van der Waals surface area contributed by atoms with E-state index in [1.807, 2.05) is 6.92 Å². The summed E-state index contributed by atoms with van der Waals surface area (Å²) in [5.41, 5.74) is -0.180. The molecule has 0 atom stereocenters. The maximum absolute atomic E-state index is 5.36. The van der Waals surface area contributed by atoms with Gasteiger partial charge in [0, 0.05) is 16.2 Å². The molecule has 0 saturated heterocycles. The number of rotatable bonds is 5. The van der Waals surface area contributed by atoms with Gasteiger partial charge in [0.05, 0.1) is 0 Å². The molecule has 2 rings (SSSR count). The number of hydrogen-bond donors (Lipinski definition) is 0. The molecule has 0 fully saturated rings. The molecule has 6 heteroatoms. The van der Waals surface area contributed by atoms with Gasteiger partial charge < -0.3 is 4.52 Å². The Kier molecular flexibility index (Phi) is 4.68. The topological polar surface area (TPSA) is 64.7 Å². The molecule has 0 spiro atoms. The molecule has 0 aromatic carbocycles. The summed E-state index contributed by atoms with van der Waals surface area (Å²) >= 11 is 1.51. The van der Waals surface area contributed by atoms with Gasteiger partial charge in [0.15, 0.2) is 5.82 Å². The zero-order valence-electron chi connectivity index (χ0n) is 15.5. The van der Waals surface area contributed by atoms with Crippen LogP contribution in [0, 0.1) is 6.92 Å². The molecule has 2 heterocycles. The number of aromatic nitrogens is 4. The summed E-state index contributed by atoms with van der Waals surface area (Å²) in [5, 5.41) is 5.00. The maximum atomic E-state index is 5.36. The van der Waals surface area contributed by atoms with Crippen molar-refractivity contribution >= 4 is 11.5 Å². The molecule has 0 radical (unpaired) electrons. The molecule has 5 nitrogen and oxygen atoms in total. The molecule has 128 valence electrons. The number of nitrogens with zero attached hydrogens (tertiary/aromatic N) is 4. The van der Waals surface area contributed by atoms with Crippen LogP contribution in [0.25, 0.3) is 0 Å². The molecule has 0 aliphatic heterocycles. The molecular weight excluding hydrogens is 308 g/mol. The van der Waals surface area contributed by atoms with Gasteiger partial charge in [-0.25, -0.2) is 4.98 Å². The van der Waals surface area contributed by atoms with Gasteiger partial charge in [-0.05, 0) is 31.3 Å². The second-order valence-corrected chi connectivity index (χ2v) is 9.34. The molecule has 2 aromatic rings. The van der Waals surface area contributed by atoms with E-state index in [0.717, 1.165) is 23.7 Å². The van der Waals surface area contributed by atoms with Gasteiger partial charge in [-0.1, -0.05) is 53.6 Å². The molecule has 2 aromatic heterocycles. The van der Waals surface area contributed by atoms with Gasteiger partial charge in [-0.2, -0.15) is 9.36 Å². The van der Waals surface area contributed by atoms with Crippen LogP contribution in [0.15, 0.2) is 4.52 Å². The van der Waals surface area contributed by atoms with Crippen molar-refractivity contribution in [1.29, 1.82) is 0 Å². The Morgan fingerprint density at radius 3 is 2.00 bits per heavy atom. The standard InChI is InChI=1S/C17H28N4OS/c1-11-18-13(22-20-11)17(7,8)10-9-16(5,6)12-19-14(23-21-12)15(2,3)4/h9-10H2,1-8H3. The first-order chi connectivity index (χ1) is 10.4. The van der Waals surface area contributed by atoms with Crippen molar-refractivity contribution in [2.24, 2.45) is 0 Å². The first-order valence-electron chi connectivity index (χ1n) is 8.07. The number of aryl methyl sites for hydroxylation is 1. The maximum Gasteiger partial charge on any atom is 0.232 e. The molecule has 23 heavy (non-hydrogen) atoms. The third kappa shape index (κ3) is 4.16. The Balaban J connectivity index is 2.10. The number of hydrogen-bond acceptors (Lipinski definition) is 6. The first-order valence-corrected chi connectivity index (χ1v) is 8.85. The fourth-order valence-electron chi connectivity index (χ4n) is 2.22. The van der Waals surface area contributed by atoms with Crippen LogP contribution in [-0.4, -0.2) is 19.5 Å². The minimum atomic E-state index is -0.151. The van der Waals surface area contributed by atoms with Crippen LogP contribution in [0.3, 0.4) is 0 Å². The van der Waals surface area contributed by atoms with Crippen LogP contribution < -0.4 is 0 Å². The van der Waals surface area contributed by atoms with Crippen LogP contribution in [0.1, 0.15) is 83.9 Å². The average molecular weight is 337 g/mol. The van der Waals surface area contributed by atoms with Gasteiger partial charge >= 0.3 is 0 Å². The lowest BCUT2D eigenvalue weighted by molar-refractivity contribution is 0.272. The van der Waals surface area contributed by atoms with Crippen LogP contribution >= 0.6 is 11.5 Å². The van der Waals surface area contributed by atoms with Crippen molar-refractivity contribution in [3.63, 3.8) is 0 Å². The predicted octanol–water partition coefficient (Wildman–Crippen LogP) is 4.56. The summed E-state index contributed by atoms with van der Waals surface area (Å²) in [5.74, 6) is 2.32. The van der Waals surface area contributed by atoms with Crippen LogP contribution in [0.4, 0.5) is 0 Å². The Bertz CT molecular complexity index is 664. The summed E-state index contributed by atoms with van der Waals surface area (Å²) in [6.45, 7) is 17.1. The van der Waals surface area contributed by atoms with E-state index < -0.39 is 0 Å². The lowest BCUT2D eigenvalue weighted by atomic mass is 9.78. The highest BCUT2D eigenvalue weighted by molar-refractivity contribution is 7.05. The SMILES string of the molecule is Cc1noc(C(C)(C)CCC(C)(C)c2nsc(C(C)(C)C)n2)n1. The van der Waals surface area contributed by atoms with Gasteiger partial charge in [0.25, 0.3) is 0 Å². The van der Waals surface area contributed by atoms with Crippen molar-refractivity contribution in [1.82, 2.24) is 19.5 Å². The third-order valence-corrected chi connectivity index (χ3v) is 5.30. The van der Waals surface area contributed by atoms with Crippen LogP contribution in [0.2, 0.25) is 0 Å². The highest BCUT2D eigenvalue weighted by Gasteiger charge is 2.33. The van der Waals surface area contributed by atoms with E-state index in [1.54, 1.807) is 0 Å². The van der Waals surface area contributed by atoms with E-state index in [-0.39, 0.29) is 16.2 Å². The van der Waals surface area contributed by atoms with Gasteiger partial charge in [0.2, 0.25) is 5.89 Å². The monoisotopic (exact) mass is 336 g/mol. The smallest absolute Gasteiger partial charge is 0.232 e. The fraction of sp³-hybridized carbons (Fsp3) is 0.765. The Hall–Kier alpha value is -1.30. The van der Waals surface area contributed by atoms with Crippen molar-refractivity contribution in [2.45, 2.75) is 84.5 Å². The summed E-state index contributed by atoms with van der Waals surface area (Å²) in [6, 6.07) is 0. The van der Waals surface area contributed by atoms with E-state index in [4.69, 9.17) is 9.51 Å². The molecule has 0 unspecified atom stereocenters. The van der Waals surface area contributed by atoms with E-state index in [9.17, 15) is 0 Å². The van der Waals surface area contributed by atoms with E-state index >= 15 is 0 Å². The van der Waals surface area contributed by atoms with Gasteiger partial charge in [-0.3, -0.25) is 0 Å². The average Bonchev–Trinajstić information content (AvgIpc) is 3.04. The minimum absolute atomic E-state index is 0.0482. The van der Waals surface area contributed by atoms with Crippen LogP contribution in [-0.2, 0) is 16.2 Å². The van der Waals surface area contributed by atoms with Crippen molar-refractivity contribution < 1.29 is 4.52 Å². The zero-order valence-corrected chi connectivity index (χ0v) is 16.3. The molecule has 0 bridgehead atoms. The van der Waals surface area contributed by atoms with Crippen molar-refractivity contribution in [2.75, 3.05) is 0 Å². The largest absolute Gasteiger partial charge is 0.339 e. The molecule has 0 saturated carbocycles. The molecule has 0 N–H and O–H groups in total. The first kappa shape index (κ1) is 18.0. The second kappa shape index (κ2) is 5.96. The molecule has 0 aliphatic carbocycles. The summed E-state index contributed by atoms with van der Waals surface area (Å²) < 4.78 is 9.97. The summed E-state index contributed by atoms with van der Waals surface area (Å²) in [4.78, 5) is 9.17. The fourth-order valence-corrected chi connectivity index (χ4v) is 3.08. The Morgan fingerprint density at radius 1 is 0.913 bits per heavy atom. The predicted molar refractivity (Wildman–Crippen MR) is 92.9 cm³/mol. The van der Waals surface area contributed by atoms with E-state index in [1.165, 1.54) is 11.5 Å². The van der Waals surface area contributed by atoms with Gasteiger partial charge in [-0.15, -0.1) is 0 Å². The zero-order chi connectivity index (χ0) is 17.5. The quantitative estimate of drug-likeness (QED) is 0.800. The lowest BCUT2D eigenvalue weighted by Gasteiger charge is -2.27. The highest BCUT2D eigenvalue weighted by Crippen LogP contribution is 2.36. The third-order valence-electron chi connectivity index (χ3n) is 4.15. The normalized spacial score (nSPS) is 13.6. The minimum Gasteiger partial charge on any atom is -0.339 e. The highest BCUT2D eigenvalue weighted by atomic mass is 32.1. The van der Waals surface area contributed by atoms with E-state index in [2.05, 4.69) is 63.0 Å². The van der Waals surface area contributed by atoms with Crippen molar-refractivity contribution in [3.05, 3.63) is 22.5 Å². The Morgan fingerprint density at radius 2 is 1.52 bits per heavy atom. The van der Waals surface area contributed by atoms with Crippen molar-refractivity contribution in [3.8, 4) is 0 Å². The lowest BCUT2D eigenvalue weighted by Crippen LogP contribution is -2.26.